The predicted molar refractivity (Wildman–Crippen MR) is 84.0 cm³/mol. The maximum absolute atomic E-state index is 12.5. The van der Waals surface area contributed by atoms with E-state index in [0.717, 1.165) is 5.56 Å². The van der Waals surface area contributed by atoms with Crippen molar-refractivity contribution in [2.24, 2.45) is 13.0 Å². The Balaban J connectivity index is 1.67. The predicted octanol–water partition coefficient (Wildman–Crippen LogP) is 1.93. The Hall–Kier alpha value is -2.41. The number of rotatable bonds is 5. The van der Waals surface area contributed by atoms with E-state index in [-0.39, 0.29) is 17.9 Å². The van der Waals surface area contributed by atoms with Gasteiger partial charge >= 0.3 is 0 Å². The molecule has 2 aromatic heterocycles. The van der Waals surface area contributed by atoms with Gasteiger partial charge in [-0.1, -0.05) is 0 Å². The molecule has 1 amide bonds. The van der Waals surface area contributed by atoms with Crippen molar-refractivity contribution < 1.29 is 14.3 Å². The molecule has 7 nitrogen and oxygen atoms in total. The quantitative estimate of drug-likeness (QED) is 0.912. The van der Waals surface area contributed by atoms with Crippen LogP contribution < -0.4 is 10.1 Å². The van der Waals surface area contributed by atoms with E-state index >= 15 is 0 Å². The topological polar surface area (TPSA) is 78.3 Å². The average molecular weight is 316 g/mol. The van der Waals surface area contributed by atoms with Gasteiger partial charge in [-0.05, 0) is 19.4 Å². The Kier molecular flexibility index (Phi) is 4.57. The third-order valence-electron chi connectivity index (χ3n) is 3.78. The van der Waals surface area contributed by atoms with Crippen LogP contribution in [0.4, 0.5) is 5.69 Å². The van der Waals surface area contributed by atoms with Crippen LogP contribution in [0.2, 0.25) is 0 Å². The standard InChI is InChI=1S/C16H20N4O3/c1-3-22-14-5-4-12(9-17-14)19-16(21)13-6-7-23-15(13)11-8-18-20(2)10-11/h4-5,8-10,13,15H,3,6-7H2,1-2H3,(H,19,21)/t13-,15+/m0/s1. The van der Waals surface area contributed by atoms with E-state index in [1.54, 1.807) is 29.2 Å². The molecule has 0 bridgehead atoms. The van der Waals surface area contributed by atoms with Crippen molar-refractivity contribution in [1.82, 2.24) is 14.8 Å². The summed E-state index contributed by atoms with van der Waals surface area (Å²) in [6.07, 6.45) is 5.66. The van der Waals surface area contributed by atoms with Gasteiger partial charge in [0.2, 0.25) is 11.8 Å². The van der Waals surface area contributed by atoms with Crippen molar-refractivity contribution in [2.75, 3.05) is 18.5 Å². The summed E-state index contributed by atoms with van der Waals surface area (Å²) >= 11 is 0. The van der Waals surface area contributed by atoms with Gasteiger partial charge in [-0.3, -0.25) is 9.48 Å². The lowest BCUT2D eigenvalue weighted by molar-refractivity contribution is -0.121. The Bertz CT molecular complexity index is 668. The first-order chi connectivity index (χ1) is 11.2. The fourth-order valence-corrected chi connectivity index (χ4v) is 2.70. The molecule has 0 spiro atoms. The Morgan fingerprint density at radius 2 is 2.35 bits per heavy atom. The molecule has 23 heavy (non-hydrogen) atoms. The van der Waals surface area contributed by atoms with Gasteiger partial charge in [0.05, 0.1) is 36.7 Å². The maximum Gasteiger partial charge on any atom is 0.230 e. The average Bonchev–Trinajstić information content (AvgIpc) is 3.18. The fraction of sp³-hybridized carbons (Fsp3) is 0.438. The zero-order chi connectivity index (χ0) is 16.2. The lowest BCUT2D eigenvalue weighted by atomic mass is 9.96. The summed E-state index contributed by atoms with van der Waals surface area (Å²) in [6.45, 7) is 3.03. The van der Waals surface area contributed by atoms with E-state index in [9.17, 15) is 4.79 Å². The third-order valence-corrected chi connectivity index (χ3v) is 3.78. The molecule has 3 rings (SSSR count). The minimum Gasteiger partial charge on any atom is -0.478 e. The zero-order valence-corrected chi connectivity index (χ0v) is 13.2. The SMILES string of the molecule is CCOc1ccc(NC(=O)[C@H]2CCO[C@@H]2c2cnn(C)c2)cn1. The number of carbonyl (C=O) groups excluding carboxylic acids is 1. The van der Waals surface area contributed by atoms with Gasteiger partial charge < -0.3 is 14.8 Å². The molecule has 0 aliphatic carbocycles. The number of nitrogens with one attached hydrogen (secondary N) is 1. The largest absolute Gasteiger partial charge is 0.478 e. The zero-order valence-electron chi connectivity index (χ0n) is 13.2. The smallest absolute Gasteiger partial charge is 0.230 e. The number of amides is 1. The molecule has 3 heterocycles. The van der Waals surface area contributed by atoms with Crippen LogP contribution in [-0.2, 0) is 16.6 Å². The molecule has 0 saturated carbocycles. The highest BCUT2D eigenvalue weighted by Crippen LogP contribution is 2.35. The second-order valence-electron chi connectivity index (χ2n) is 5.44. The van der Waals surface area contributed by atoms with Crippen LogP contribution in [0, 0.1) is 5.92 Å². The molecule has 0 unspecified atom stereocenters. The van der Waals surface area contributed by atoms with Crippen molar-refractivity contribution in [2.45, 2.75) is 19.4 Å². The normalized spacial score (nSPS) is 20.4. The number of aromatic nitrogens is 3. The van der Waals surface area contributed by atoms with Crippen LogP contribution in [0.5, 0.6) is 5.88 Å². The summed E-state index contributed by atoms with van der Waals surface area (Å²) in [6, 6.07) is 3.52. The van der Waals surface area contributed by atoms with Gasteiger partial charge in [0, 0.05) is 31.5 Å². The van der Waals surface area contributed by atoms with E-state index in [4.69, 9.17) is 9.47 Å². The fourth-order valence-electron chi connectivity index (χ4n) is 2.70. The van der Waals surface area contributed by atoms with Gasteiger partial charge in [-0.15, -0.1) is 0 Å². The molecular weight excluding hydrogens is 296 g/mol. The number of nitrogens with zero attached hydrogens (tertiary/aromatic N) is 3. The maximum atomic E-state index is 12.5. The highest BCUT2D eigenvalue weighted by atomic mass is 16.5. The van der Waals surface area contributed by atoms with Crippen LogP contribution >= 0.6 is 0 Å². The van der Waals surface area contributed by atoms with Gasteiger partial charge in [0.1, 0.15) is 0 Å². The molecule has 1 fully saturated rings. The first-order valence-corrected chi connectivity index (χ1v) is 7.67. The molecule has 0 radical (unpaired) electrons. The number of carbonyl (C=O) groups is 1. The van der Waals surface area contributed by atoms with Crippen LogP contribution in [0.15, 0.2) is 30.7 Å². The molecule has 122 valence electrons. The van der Waals surface area contributed by atoms with E-state index in [1.165, 1.54) is 0 Å². The third kappa shape index (κ3) is 3.50. The van der Waals surface area contributed by atoms with Crippen molar-refractivity contribution >= 4 is 11.6 Å². The second-order valence-corrected chi connectivity index (χ2v) is 5.44. The van der Waals surface area contributed by atoms with Gasteiger partial charge in [0.25, 0.3) is 0 Å². The highest BCUT2D eigenvalue weighted by molar-refractivity contribution is 5.93. The number of aryl methyl sites for hydroxylation is 1. The number of hydrogen-bond acceptors (Lipinski definition) is 5. The van der Waals surface area contributed by atoms with Crippen molar-refractivity contribution in [3.8, 4) is 5.88 Å². The van der Waals surface area contributed by atoms with Gasteiger partial charge in [-0.25, -0.2) is 4.98 Å². The van der Waals surface area contributed by atoms with Crippen molar-refractivity contribution in [3.05, 3.63) is 36.3 Å². The number of ether oxygens (including phenoxy) is 2. The summed E-state index contributed by atoms with van der Waals surface area (Å²) < 4.78 is 12.7. The summed E-state index contributed by atoms with van der Waals surface area (Å²) in [5.41, 5.74) is 1.57. The molecule has 0 aromatic carbocycles. The van der Waals surface area contributed by atoms with Crippen molar-refractivity contribution in [1.29, 1.82) is 0 Å². The number of hydrogen-bond donors (Lipinski definition) is 1. The number of pyridine rings is 1. The Morgan fingerprint density at radius 1 is 1.48 bits per heavy atom. The number of anilines is 1. The first kappa shape index (κ1) is 15.5. The van der Waals surface area contributed by atoms with E-state index in [2.05, 4.69) is 15.4 Å². The second kappa shape index (κ2) is 6.78. The first-order valence-electron chi connectivity index (χ1n) is 7.67. The highest BCUT2D eigenvalue weighted by Gasteiger charge is 2.36. The monoisotopic (exact) mass is 316 g/mol. The molecule has 2 aromatic rings. The van der Waals surface area contributed by atoms with Crippen LogP contribution in [-0.4, -0.2) is 33.9 Å². The minimum absolute atomic E-state index is 0.0673. The molecule has 1 N–H and O–H groups in total. The van der Waals surface area contributed by atoms with Gasteiger partial charge in [-0.2, -0.15) is 5.10 Å². The summed E-state index contributed by atoms with van der Waals surface area (Å²) in [5.74, 6) is 0.246. The summed E-state index contributed by atoms with van der Waals surface area (Å²) in [4.78, 5) is 16.7. The Morgan fingerprint density at radius 3 is 3.00 bits per heavy atom. The molecule has 1 saturated heterocycles. The summed E-state index contributed by atoms with van der Waals surface area (Å²) in [5, 5.41) is 7.04. The molecule has 2 atom stereocenters. The molecule has 1 aliphatic heterocycles. The molecule has 1 aliphatic rings. The van der Waals surface area contributed by atoms with E-state index in [1.807, 2.05) is 20.2 Å². The van der Waals surface area contributed by atoms with Crippen LogP contribution in [0.25, 0.3) is 0 Å². The van der Waals surface area contributed by atoms with Crippen LogP contribution in [0.1, 0.15) is 25.0 Å². The minimum atomic E-state index is -0.251. The molecule has 7 heteroatoms. The lowest BCUT2D eigenvalue weighted by Gasteiger charge is -2.17. The van der Waals surface area contributed by atoms with E-state index < -0.39 is 0 Å². The van der Waals surface area contributed by atoms with E-state index in [0.29, 0.717) is 31.2 Å². The lowest BCUT2D eigenvalue weighted by Crippen LogP contribution is -2.25. The van der Waals surface area contributed by atoms with Crippen LogP contribution in [0.3, 0.4) is 0 Å². The Labute approximate surface area is 134 Å². The summed E-state index contributed by atoms with van der Waals surface area (Å²) in [7, 11) is 1.85. The van der Waals surface area contributed by atoms with Crippen molar-refractivity contribution in [3.63, 3.8) is 0 Å². The van der Waals surface area contributed by atoms with Gasteiger partial charge in [0.15, 0.2) is 0 Å². The molecular formula is C16H20N4O3.